The summed E-state index contributed by atoms with van der Waals surface area (Å²) in [5, 5.41) is 5.73. The standard InChI is InChI=1S/C23H27N3O3S2/c27-21(18-3-1-4-19(10-18)26-5-2-6-31(26,28)29)25-22-24-20(14-30-22)23-11-15-7-16(12-23)9-17(8-15)13-23/h1,3-4,10,14-17H,2,5-9,11-13H2,(H,24,25,27). The van der Waals surface area contributed by atoms with Crippen LogP contribution < -0.4 is 9.62 Å². The van der Waals surface area contributed by atoms with E-state index >= 15 is 0 Å². The molecule has 1 aliphatic heterocycles. The largest absolute Gasteiger partial charge is 0.298 e. The second-order valence-corrected chi connectivity index (χ2v) is 12.9. The van der Waals surface area contributed by atoms with Gasteiger partial charge in [0, 0.05) is 22.9 Å². The Bertz CT molecular complexity index is 1110. The van der Waals surface area contributed by atoms with Gasteiger partial charge in [-0.1, -0.05) is 6.07 Å². The molecule has 5 fully saturated rings. The second-order valence-electron chi connectivity index (χ2n) is 9.98. The van der Waals surface area contributed by atoms with E-state index in [1.54, 1.807) is 24.3 Å². The molecule has 1 amide bonds. The molecule has 5 aliphatic rings. The van der Waals surface area contributed by atoms with Crippen molar-refractivity contribution >= 4 is 38.1 Å². The SMILES string of the molecule is O=C(Nc1nc(C23CC4CC(CC(C4)C2)C3)cs1)c1cccc(N2CCCS2(=O)=O)c1. The fourth-order valence-corrected chi connectivity index (χ4v) is 9.29. The third kappa shape index (κ3) is 3.39. The van der Waals surface area contributed by atoms with Gasteiger partial charge in [0.1, 0.15) is 0 Å². The molecule has 6 nitrogen and oxygen atoms in total. The molecule has 7 rings (SSSR count). The Morgan fingerprint density at radius 2 is 1.84 bits per heavy atom. The van der Waals surface area contributed by atoms with E-state index in [1.165, 1.54) is 59.9 Å². The predicted octanol–water partition coefficient (Wildman–Crippen LogP) is 4.40. The van der Waals surface area contributed by atoms with Gasteiger partial charge in [-0.25, -0.2) is 13.4 Å². The number of benzene rings is 1. The van der Waals surface area contributed by atoms with Crippen molar-refractivity contribution in [1.82, 2.24) is 4.98 Å². The van der Waals surface area contributed by atoms with Gasteiger partial charge in [-0.05, 0) is 80.9 Å². The molecule has 0 spiro atoms. The Morgan fingerprint density at radius 1 is 1.13 bits per heavy atom. The Labute approximate surface area is 187 Å². The second kappa shape index (κ2) is 7.04. The van der Waals surface area contributed by atoms with Crippen molar-refractivity contribution < 1.29 is 13.2 Å². The van der Waals surface area contributed by atoms with E-state index in [0.717, 1.165) is 17.8 Å². The fourth-order valence-electron chi connectivity index (χ4n) is 6.90. The third-order valence-electron chi connectivity index (χ3n) is 7.80. The van der Waals surface area contributed by atoms with E-state index in [9.17, 15) is 13.2 Å². The molecule has 1 saturated heterocycles. The number of thiazole rings is 1. The first-order chi connectivity index (χ1) is 14.9. The number of rotatable bonds is 4. The van der Waals surface area contributed by atoms with Crippen LogP contribution in [-0.2, 0) is 15.4 Å². The number of sulfonamides is 1. The van der Waals surface area contributed by atoms with Gasteiger partial charge in [0.05, 0.1) is 17.1 Å². The van der Waals surface area contributed by atoms with Crippen LogP contribution >= 0.6 is 11.3 Å². The summed E-state index contributed by atoms with van der Waals surface area (Å²) < 4.78 is 25.8. The summed E-state index contributed by atoms with van der Waals surface area (Å²) in [4.78, 5) is 17.8. The van der Waals surface area contributed by atoms with Gasteiger partial charge in [-0.15, -0.1) is 11.3 Å². The quantitative estimate of drug-likeness (QED) is 0.738. The number of carbonyl (C=O) groups excluding carboxylic acids is 1. The van der Waals surface area contributed by atoms with Crippen LogP contribution in [0.15, 0.2) is 29.6 Å². The van der Waals surface area contributed by atoms with Gasteiger partial charge in [0.15, 0.2) is 5.13 Å². The minimum absolute atomic E-state index is 0.162. The van der Waals surface area contributed by atoms with Crippen molar-refractivity contribution in [2.45, 2.75) is 50.4 Å². The molecule has 4 aliphatic carbocycles. The van der Waals surface area contributed by atoms with Crippen LogP contribution in [-0.4, -0.2) is 31.6 Å². The van der Waals surface area contributed by atoms with Gasteiger partial charge in [0.2, 0.25) is 10.0 Å². The monoisotopic (exact) mass is 457 g/mol. The molecule has 2 aromatic rings. The minimum Gasteiger partial charge on any atom is -0.298 e. The molecule has 164 valence electrons. The molecule has 1 aromatic heterocycles. The third-order valence-corrected chi connectivity index (χ3v) is 10.4. The van der Waals surface area contributed by atoms with Gasteiger partial charge >= 0.3 is 0 Å². The Hall–Kier alpha value is -1.93. The van der Waals surface area contributed by atoms with Gasteiger partial charge in [0.25, 0.3) is 5.91 Å². The molecule has 1 aromatic carbocycles. The smallest absolute Gasteiger partial charge is 0.257 e. The van der Waals surface area contributed by atoms with Gasteiger partial charge < -0.3 is 0 Å². The van der Waals surface area contributed by atoms with Crippen LogP contribution in [0, 0.1) is 17.8 Å². The zero-order valence-electron chi connectivity index (χ0n) is 17.4. The topological polar surface area (TPSA) is 79.4 Å². The zero-order valence-corrected chi connectivity index (χ0v) is 19.1. The number of aromatic nitrogens is 1. The van der Waals surface area contributed by atoms with Crippen molar-refractivity contribution in [2.75, 3.05) is 21.9 Å². The van der Waals surface area contributed by atoms with Crippen LogP contribution in [0.5, 0.6) is 0 Å². The van der Waals surface area contributed by atoms with Crippen molar-refractivity contribution in [3.63, 3.8) is 0 Å². The molecular weight excluding hydrogens is 430 g/mol. The molecule has 4 saturated carbocycles. The maximum atomic E-state index is 12.9. The summed E-state index contributed by atoms with van der Waals surface area (Å²) >= 11 is 1.50. The van der Waals surface area contributed by atoms with E-state index in [0.29, 0.717) is 29.3 Å². The molecule has 1 N–H and O–H groups in total. The molecule has 0 atom stereocenters. The van der Waals surface area contributed by atoms with Crippen molar-refractivity contribution in [2.24, 2.45) is 17.8 Å². The lowest BCUT2D eigenvalue weighted by Crippen LogP contribution is -2.48. The zero-order chi connectivity index (χ0) is 21.2. The van der Waals surface area contributed by atoms with Crippen LogP contribution in [0.3, 0.4) is 0 Å². The average molecular weight is 458 g/mol. The summed E-state index contributed by atoms with van der Waals surface area (Å²) in [6.07, 6.45) is 8.57. The minimum atomic E-state index is -3.27. The Morgan fingerprint density at radius 3 is 2.48 bits per heavy atom. The van der Waals surface area contributed by atoms with Crippen LogP contribution in [0.2, 0.25) is 0 Å². The number of amides is 1. The molecular formula is C23H27N3O3S2. The summed E-state index contributed by atoms with van der Waals surface area (Å²) in [6, 6.07) is 6.86. The Balaban J connectivity index is 1.20. The van der Waals surface area contributed by atoms with Gasteiger partial charge in [-0.3, -0.25) is 14.4 Å². The van der Waals surface area contributed by atoms with E-state index in [-0.39, 0.29) is 17.1 Å². The first-order valence-electron chi connectivity index (χ1n) is 11.3. The number of carbonyl (C=O) groups is 1. The summed E-state index contributed by atoms with van der Waals surface area (Å²) in [5.41, 5.74) is 2.40. The fraction of sp³-hybridized carbons (Fsp3) is 0.565. The molecule has 0 radical (unpaired) electrons. The molecule has 8 heteroatoms. The maximum absolute atomic E-state index is 12.9. The summed E-state index contributed by atoms with van der Waals surface area (Å²) in [6.45, 7) is 0.467. The van der Waals surface area contributed by atoms with Crippen LogP contribution in [0.4, 0.5) is 10.8 Å². The maximum Gasteiger partial charge on any atom is 0.257 e. The Kier molecular flexibility index (Phi) is 4.48. The lowest BCUT2D eigenvalue weighted by Gasteiger charge is -2.56. The summed E-state index contributed by atoms with van der Waals surface area (Å²) in [5.74, 6) is 2.49. The first kappa shape index (κ1) is 19.7. The molecule has 0 unspecified atom stereocenters. The highest BCUT2D eigenvalue weighted by molar-refractivity contribution is 7.93. The first-order valence-corrected chi connectivity index (χ1v) is 13.8. The highest BCUT2D eigenvalue weighted by Crippen LogP contribution is 2.60. The normalized spacial score (nSPS) is 33.0. The highest BCUT2D eigenvalue weighted by atomic mass is 32.2. The lowest BCUT2D eigenvalue weighted by molar-refractivity contribution is -0.00688. The number of hydrogen-bond acceptors (Lipinski definition) is 5. The molecule has 2 heterocycles. The highest BCUT2D eigenvalue weighted by Gasteiger charge is 2.52. The number of nitrogens with one attached hydrogen (secondary N) is 1. The van der Waals surface area contributed by atoms with Gasteiger partial charge in [-0.2, -0.15) is 0 Å². The number of anilines is 2. The van der Waals surface area contributed by atoms with E-state index in [1.807, 2.05) is 0 Å². The predicted molar refractivity (Wildman–Crippen MR) is 122 cm³/mol. The average Bonchev–Trinajstić information content (AvgIpc) is 3.33. The van der Waals surface area contributed by atoms with Crippen molar-refractivity contribution in [1.29, 1.82) is 0 Å². The van der Waals surface area contributed by atoms with E-state index in [2.05, 4.69) is 10.7 Å². The van der Waals surface area contributed by atoms with Crippen molar-refractivity contribution in [3.05, 3.63) is 40.9 Å². The lowest BCUT2D eigenvalue weighted by atomic mass is 9.49. The summed E-state index contributed by atoms with van der Waals surface area (Å²) in [7, 11) is -3.27. The van der Waals surface area contributed by atoms with Crippen LogP contribution in [0.1, 0.15) is 61.0 Å². The molecule has 31 heavy (non-hydrogen) atoms. The van der Waals surface area contributed by atoms with E-state index in [4.69, 9.17) is 4.98 Å². The van der Waals surface area contributed by atoms with Crippen LogP contribution in [0.25, 0.3) is 0 Å². The molecule has 4 bridgehead atoms. The van der Waals surface area contributed by atoms with E-state index < -0.39 is 10.0 Å². The van der Waals surface area contributed by atoms with Crippen molar-refractivity contribution in [3.8, 4) is 0 Å². The number of nitrogens with zero attached hydrogens (tertiary/aromatic N) is 2. The number of hydrogen-bond donors (Lipinski definition) is 1.